The summed E-state index contributed by atoms with van der Waals surface area (Å²) in [7, 11) is 2.22. The lowest BCUT2D eigenvalue weighted by Crippen LogP contribution is -2.40. The molecule has 1 saturated heterocycles. The number of rotatable bonds is 4. The van der Waals surface area contributed by atoms with E-state index in [0.717, 1.165) is 0 Å². The van der Waals surface area contributed by atoms with Gasteiger partial charge in [-0.05, 0) is 51.3 Å². The van der Waals surface area contributed by atoms with Crippen LogP contribution >= 0.6 is 0 Å². The molecule has 0 radical (unpaired) electrons. The third-order valence-electron chi connectivity index (χ3n) is 4.19. The first-order valence-corrected chi connectivity index (χ1v) is 7.20. The van der Waals surface area contributed by atoms with Gasteiger partial charge < -0.3 is 10.2 Å². The number of anilines is 1. The molecule has 2 nitrogen and oxygen atoms in total. The van der Waals surface area contributed by atoms with Crippen LogP contribution in [0.2, 0.25) is 0 Å². The molecule has 18 heavy (non-hydrogen) atoms. The average Bonchev–Trinajstić information content (AvgIpc) is 2.39. The summed E-state index contributed by atoms with van der Waals surface area (Å²) >= 11 is 0. The highest BCUT2D eigenvalue weighted by Crippen LogP contribution is 2.23. The lowest BCUT2D eigenvalue weighted by Gasteiger charge is -2.33. The standard InChI is InChI=1S/C16H26N2/c1-13-8-4-5-10-16(13)18(3)14(2)12-15-9-6-7-11-17-15/h4-5,8,10,14-15,17H,6-7,9,11-12H2,1-3H3. The zero-order valence-corrected chi connectivity index (χ0v) is 11.9. The Morgan fingerprint density at radius 2 is 2.11 bits per heavy atom. The van der Waals surface area contributed by atoms with E-state index < -0.39 is 0 Å². The molecule has 1 aliphatic rings. The first kappa shape index (κ1) is 13.4. The minimum Gasteiger partial charge on any atom is -0.372 e. The van der Waals surface area contributed by atoms with Crippen molar-refractivity contribution in [3.63, 3.8) is 0 Å². The van der Waals surface area contributed by atoms with Crippen molar-refractivity contribution in [2.45, 2.75) is 51.6 Å². The van der Waals surface area contributed by atoms with E-state index in [4.69, 9.17) is 0 Å². The highest BCUT2D eigenvalue weighted by atomic mass is 15.1. The SMILES string of the molecule is Cc1ccccc1N(C)C(C)CC1CCCCN1. The molecule has 1 aromatic rings. The molecule has 100 valence electrons. The van der Waals surface area contributed by atoms with Gasteiger partial charge in [0.05, 0.1) is 0 Å². The molecule has 1 heterocycles. The van der Waals surface area contributed by atoms with Crippen LogP contribution in [0.4, 0.5) is 5.69 Å². The van der Waals surface area contributed by atoms with Gasteiger partial charge >= 0.3 is 0 Å². The molecule has 1 N–H and O–H groups in total. The van der Waals surface area contributed by atoms with E-state index in [1.165, 1.54) is 43.5 Å². The van der Waals surface area contributed by atoms with Crippen LogP contribution in [0.1, 0.15) is 38.2 Å². The summed E-state index contributed by atoms with van der Waals surface area (Å²) in [4.78, 5) is 2.42. The van der Waals surface area contributed by atoms with Crippen LogP contribution in [0.5, 0.6) is 0 Å². The molecular weight excluding hydrogens is 220 g/mol. The second kappa shape index (κ2) is 6.24. The van der Waals surface area contributed by atoms with Crippen LogP contribution in [0, 0.1) is 6.92 Å². The Bertz CT molecular complexity index is 369. The van der Waals surface area contributed by atoms with Gasteiger partial charge in [-0.15, -0.1) is 0 Å². The molecule has 1 aliphatic heterocycles. The fourth-order valence-corrected chi connectivity index (χ4v) is 2.89. The summed E-state index contributed by atoms with van der Waals surface area (Å²) in [5.74, 6) is 0. The van der Waals surface area contributed by atoms with Crippen molar-refractivity contribution in [1.82, 2.24) is 5.32 Å². The minimum absolute atomic E-state index is 0.585. The predicted octanol–water partition coefficient (Wildman–Crippen LogP) is 3.35. The summed E-state index contributed by atoms with van der Waals surface area (Å²) in [5, 5.41) is 3.64. The van der Waals surface area contributed by atoms with Gasteiger partial charge in [0.25, 0.3) is 0 Å². The minimum atomic E-state index is 0.585. The third kappa shape index (κ3) is 3.26. The zero-order valence-electron chi connectivity index (χ0n) is 11.9. The van der Waals surface area contributed by atoms with Crippen molar-refractivity contribution < 1.29 is 0 Å². The van der Waals surface area contributed by atoms with Crippen molar-refractivity contribution in [2.24, 2.45) is 0 Å². The van der Waals surface area contributed by atoms with E-state index in [2.05, 4.69) is 55.4 Å². The second-order valence-corrected chi connectivity index (χ2v) is 5.63. The number of nitrogens with zero attached hydrogens (tertiary/aromatic N) is 1. The molecule has 2 heteroatoms. The van der Waals surface area contributed by atoms with Crippen molar-refractivity contribution in [1.29, 1.82) is 0 Å². The molecule has 1 fully saturated rings. The monoisotopic (exact) mass is 246 g/mol. The summed E-state index contributed by atoms with van der Waals surface area (Å²) in [5.41, 5.74) is 2.73. The van der Waals surface area contributed by atoms with Crippen molar-refractivity contribution in [3.05, 3.63) is 29.8 Å². The molecule has 0 spiro atoms. The van der Waals surface area contributed by atoms with Crippen molar-refractivity contribution >= 4 is 5.69 Å². The predicted molar refractivity (Wildman–Crippen MR) is 79.3 cm³/mol. The van der Waals surface area contributed by atoms with Gasteiger partial charge in [-0.25, -0.2) is 0 Å². The Morgan fingerprint density at radius 3 is 2.78 bits per heavy atom. The molecule has 0 saturated carbocycles. The highest BCUT2D eigenvalue weighted by Gasteiger charge is 2.19. The highest BCUT2D eigenvalue weighted by molar-refractivity contribution is 5.52. The number of hydrogen-bond donors (Lipinski definition) is 1. The van der Waals surface area contributed by atoms with Crippen molar-refractivity contribution in [2.75, 3.05) is 18.5 Å². The van der Waals surface area contributed by atoms with Crippen LogP contribution in [0.3, 0.4) is 0 Å². The third-order valence-corrected chi connectivity index (χ3v) is 4.19. The Morgan fingerprint density at radius 1 is 1.33 bits per heavy atom. The fraction of sp³-hybridized carbons (Fsp3) is 0.625. The smallest absolute Gasteiger partial charge is 0.0395 e. The zero-order chi connectivity index (χ0) is 13.0. The number of aryl methyl sites for hydroxylation is 1. The van der Waals surface area contributed by atoms with Gasteiger partial charge in [0.1, 0.15) is 0 Å². The summed E-state index contributed by atoms with van der Waals surface area (Å²) < 4.78 is 0. The van der Waals surface area contributed by atoms with E-state index in [1.807, 2.05) is 0 Å². The van der Waals surface area contributed by atoms with E-state index in [1.54, 1.807) is 0 Å². The van der Waals surface area contributed by atoms with Crippen LogP contribution in [0.25, 0.3) is 0 Å². The Kier molecular flexibility index (Phi) is 4.65. The lowest BCUT2D eigenvalue weighted by molar-refractivity contribution is 0.362. The fourth-order valence-electron chi connectivity index (χ4n) is 2.89. The molecule has 2 rings (SSSR count). The first-order valence-electron chi connectivity index (χ1n) is 7.20. The molecule has 0 amide bonds. The van der Waals surface area contributed by atoms with E-state index in [0.29, 0.717) is 12.1 Å². The molecular formula is C16H26N2. The van der Waals surface area contributed by atoms with E-state index in [-0.39, 0.29) is 0 Å². The van der Waals surface area contributed by atoms with Gasteiger partial charge in [-0.2, -0.15) is 0 Å². The molecule has 0 bridgehead atoms. The number of benzene rings is 1. The Labute approximate surface area is 111 Å². The topological polar surface area (TPSA) is 15.3 Å². The van der Waals surface area contributed by atoms with Crippen LogP contribution < -0.4 is 10.2 Å². The Balaban J connectivity index is 1.95. The normalized spacial score (nSPS) is 21.6. The number of piperidine rings is 1. The summed E-state index contributed by atoms with van der Waals surface area (Å²) in [6.45, 7) is 5.73. The molecule has 0 aromatic heterocycles. The van der Waals surface area contributed by atoms with Gasteiger partial charge in [-0.1, -0.05) is 24.6 Å². The van der Waals surface area contributed by atoms with Crippen LogP contribution in [-0.4, -0.2) is 25.7 Å². The van der Waals surface area contributed by atoms with E-state index >= 15 is 0 Å². The quantitative estimate of drug-likeness (QED) is 0.876. The summed E-state index contributed by atoms with van der Waals surface area (Å²) in [6.07, 6.45) is 5.31. The molecule has 2 unspecified atom stereocenters. The number of hydrogen-bond acceptors (Lipinski definition) is 2. The van der Waals surface area contributed by atoms with E-state index in [9.17, 15) is 0 Å². The van der Waals surface area contributed by atoms with Gasteiger partial charge in [0, 0.05) is 24.8 Å². The second-order valence-electron chi connectivity index (χ2n) is 5.63. The average molecular weight is 246 g/mol. The molecule has 1 aromatic carbocycles. The van der Waals surface area contributed by atoms with Gasteiger partial charge in [0.15, 0.2) is 0 Å². The lowest BCUT2D eigenvalue weighted by atomic mass is 9.98. The molecule has 2 atom stereocenters. The summed E-state index contributed by atoms with van der Waals surface area (Å²) in [6, 6.07) is 9.95. The maximum atomic E-state index is 3.64. The maximum Gasteiger partial charge on any atom is 0.0395 e. The maximum absolute atomic E-state index is 3.64. The first-order chi connectivity index (χ1) is 8.68. The van der Waals surface area contributed by atoms with Gasteiger partial charge in [0.2, 0.25) is 0 Å². The van der Waals surface area contributed by atoms with Crippen molar-refractivity contribution in [3.8, 4) is 0 Å². The molecule has 0 aliphatic carbocycles. The largest absolute Gasteiger partial charge is 0.372 e. The van der Waals surface area contributed by atoms with Crippen LogP contribution in [0.15, 0.2) is 24.3 Å². The Hall–Kier alpha value is -1.02. The van der Waals surface area contributed by atoms with Crippen LogP contribution in [-0.2, 0) is 0 Å². The number of nitrogens with one attached hydrogen (secondary N) is 1. The number of para-hydroxylation sites is 1. The van der Waals surface area contributed by atoms with Gasteiger partial charge in [-0.3, -0.25) is 0 Å².